The van der Waals surface area contributed by atoms with Crippen LogP contribution in [0.15, 0.2) is 35.8 Å². The van der Waals surface area contributed by atoms with Crippen LogP contribution in [0, 0.1) is 0 Å². The molecule has 0 atom stereocenters. The van der Waals surface area contributed by atoms with Crippen molar-refractivity contribution in [3.8, 4) is 0 Å². The number of fused-ring (bicyclic) bond motifs is 1. The van der Waals surface area contributed by atoms with Crippen molar-refractivity contribution in [2.24, 2.45) is 7.05 Å². The summed E-state index contributed by atoms with van der Waals surface area (Å²) in [7, 11) is 1.84. The number of amides is 1. The van der Waals surface area contributed by atoms with Gasteiger partial charge in [-0.15, -0.1) is 11.3 Å². The Balaban J connectivity index is 1.83. The zero-order valence-electron chi connectivity index (χ0n) is 10.3. The Labute approximate surface area is 113 Å². The van der Waals surface area contributed by atoms with Gasteiger partial charge in [0.25, 0.3) is 5.91 Å². The van der Waals surface area contributed by atoms with Crippen LogP contribution in [0.2, 0.25) is 0 Å². The van der Waals surface area contributed by atoms with E-state index >= 15 is 0 Å². The number of benzene rings is 1. The first-order chi connectivity index (χ1) is 9.25. The molecule has 0 saturated carbocycles. The molecular weight excluding hydrogens is 260 g/mol. The van der Waals surface area contributed by atoms with Gasteiger partial charge in [-0.2, -0.15) is 0 Å². The molecule has 0 aliphatic rings. The normalized spacial score (nSPS) is 10.8. The van der Waals surface area contributed by atoms with Gasteiger partial charge in [0.15, 0.2) is 5.82 Å². The fraction of sp³-hybridized carbons (Fsp3) is 0.154. The molecule has 0 aliphatic heterocycles. The predicted octanol–water partition coefficient (Wildman–Crippen LogP) is 1.96. The van der Waals surface area contributed by atoms with Gasteiger partial charge in [0.2, 0.25) is 0 Å². The number of thiazole rings is 1. The molecule has 0 radical (unpaired) electrons. The van der Waals surface area contributed by atoms with Crippen LogP contribution in [0.4, 0.5) is 0 Å². The predicted molar refractivity (Wildman–Crippen MR) is 74.0 cm³/mol. The van der Waals surface area contributed by atoms with Crippen LogP contribution in [0.1, 0.15) is 15.6 Å². The van der Waals surface area contributed by atoms with Gasteiger partial charge >= 0.3 is 0 Å². The summed E-state index contributed by atoms with van der Waals surface area (Å²) in [5.41, 5.74) is 1.77. The summed E-state index contributed by atoms with van der Waals surface area (Å²) < 4.78 is 1.80. The summed E-state index contributed by atoms with van der Waals surface area (Å²) >= 11 is 1.52. The number of hydrogen-bond donors (Lipinski definition) is 1. The van der Waals surface area contributed by atoms with Crippen molar-refractivity contribution >= 4 is 28.3 Å². The maximum absolute atomic E-state index is 12.1. The zero-order chi connectivity index (χ0) is 13.2. The van der Waals surface area contributed by atoms with Gasteiger partial charge in [-0.3, -0.25) is 4.79 Å². The maximum Gasteiger partial charge on any atom is 0.287 e. The summed E-state index contributed by atoms with van der Waals surface area (Å²) in [5.74, 6) is 0.228. The minimum absolute atomic E-state index is 0.186. The summed E-state index contributed by atoms with van der Waals surface area (Å²) in [6, 6.07) is 7.68. The first kappa shape index (κ1) is 11.9. The number of nitrogens with one attached hydrogen (secondary N) is 1. The van der Waals surface area contributed by atoms with Crippen LogP contribution in [0.5, 0.6) is 0 Å². The van der Waals surface area contributed by atoms with Gasteiger partial charge in [0.1, 0.15) is 5.01 Å². The fourth-order valence-corrected chi connectivity index (χ4v) is 2.48. The van der Waals surface area contributed by atoms with Crippen LogP contribution in [-0.4, -0.2) is 20.4 Å². The highest BCUT2D eigenvalue weighted by molar-refractivity contribution is 7.09. The van der Waals surface area contributed by atoms with Crippen LogP contribution in [0.3, 0.4) is 0 Å². The van der Waals surface area contributed by atoms with E-state index in [4.69, 9.17) is 0 Å². The van der Waals surface area contributed by atoms with Crippen molar-refractivity contribution < 1.29 is 4.79 Å². The third kappa shape index (κ3) is 2.22. The summed E-state index contributed by atoms with van der Waals surface area (Å²) in [5, 5.41) is 5.60. The van der Waals surface area contributed by atoms with Gasteiger partial charge in [0, 0.05) is 18.6 Å². The third-order valence-electron chi connectivity index (χ3n) is 2.87. The molecule has 2 heterocycles. The molecule has 3 rings (SSSR count). The van der Waals surface area contributed by atoms with E-state index in [1.807, 2.05) is 36.7 Å². The topological polar surface area (TPSA) is 59.8 Å². The number of carbonyl (C=O) groups excluding carboxylic acids is 1. The molecule has 0 fully saturated rings. The van der Waals surface area contributed by atoms with Gasteiger partial charge in [0.05, 0.1) is 17.6 Å². The molecule has 6 heteroatoms. The number of rotatable bonds is 3. The molecule has 96 valence electrons. The van der Waals surface area contributed by atoms with E-state index < -0.39 is 0 Å². The summed E-state index contributed by atoms with van der Waals surface area (Å²) in [4.78, 5) is 20.6. The molecule has 3 aromatic rings. The maximum atomic E-state index is 12.1. The Kier molecular flexibility index (Phi) is 3.00. The SMILES string of the molecule is Cn1c(C(=O)NCc2nccs2)nc2ccccc21. The first-order valence-corrected chi connectivity index (χ1v) is 6.71. The van der Waals surface area contributed by atoms with Crippen LogP contribution >= 0.6 is 11.3 Å². The molecule has 0 aliphatic carbocycles. The van der Waals surface area contributed by atoms with Crippen molar-refractivity contribution in [1.82, 2.24) is 19.9 Å². The molecule has 0 bridgehead atoms. The van der Waals surface area contributed by atoms with E-state index in [-0.39, 0.29) is 5.91 Å². The number of aryl methyl sites for hydroxylation is 1. The highest BCUT2D eigenvalue weighted by Crippen LogP contribution is 2.14. The molecule has 1 aromatic carbocycles. The monoisotopic (exact) mass is 272 g/mol. The summed E-state index contributed by atoms with van der Waals surface area (Å²) in [6.07, 6.45) is 1.72. The van der Waals surface area contributed by atoms with Crippen molar-refractivity contribution in [3.05, 3.63) is 46.7 Å². The van der Waals surface area contributed by atoms with Gasteiger partial charge in [-0.25, -0.2) is 9.97 Å². The molecule has 2 aromatic heterocycles. The molecule has 0 spiro atoms. The molecule has 0 unspecified atom stereocenters. The second-order valence-electron chi connectivity index (χ2n) is 4.09. The quantitative estimate of drug-likeness (QED) is 0.793. The minimum Gasteiger partial charge on any atom is -0.343 e. The Bertz CT molecular complexity index is 717. The average molecular weight is 272 g/mol. The van der Waals surface area contributed by atoms with Crippen molar-refractivity contribution in [2.75, 3.05) is 0 Å². The second-order valence-corrected chi connectivity index (χ2v) is 5.07. The second kappa shape index (κ2) is 4.81. The van der Waals surface area contributed by atoms with E-state index in [0.717, 1.165) is 16.0 Å². The lowest BCUT2D eigenvalue weighted by atomic mass is 10.3. The molecule has 1 N–H and O–H groups in total. The Morgan fingerprint density at radius 2 is 2.26 bits per heavy atom. The standard InChI is InChI=1S/C13H12N4OS/c1-17-10-5-3-2-4-9(10)16-12(17)13(18)15-8-11-14-6-7-19-11/h2-7H,8H2,1H3,(H,15,18). The number of hydrogen-bond acceptors (Lipinski definition) is 4. The molecule has 0 saturated heterocycles. The molecule has 1 amide bonds. The van der Waals surface area contributed by atoms with Crippen molar-refractivity contribution in [2.45, 2.75) is 6.54 Å². The van der Waals surface area contributed by atoms with Gasteiger partial charge in [-0.1, -0.05) is 12.1 Å². The Morgan fingerprint density at radius 1 is 1.42 bits per heavy atom. The number of carbonyl (C=O) groups is 1. The first-order valence-electron chi connectivity index (χ1n) is 5.84. The van der Waals surface area contributed by atoms with E-state index in [1.165, 1.54) is 11.3 Å². The molecule has 5 nitrogen and oxygen atoms in total. The number of nitrogens with zero attached hydrogens (tertiary/aromatic N) is 3. The average Bonchev–Trinajstić information content (AvgIpc) is 3.05. The highest BCUT2D eigenvalue weighted by atomic mass is 32.1. The highest BCUT2D eigenvalue weighted by Gasteiger charge is 2.14. The lowest BCUT2D eigenvalue weighted by molar-refractivity contribution is 0.0938. The smallest absolute Gasteiger partial charge is 0.287 e. The fourth-order valence-electron chi connectivity index (χ4n) is 1.92. The number of para-hydroxylation sites is 2. The zero-order valence-corrected chi connectivity index (χ0v) is 11.1. The third-order valence-corrected chi connectivity index (χ3v) is 3.65. The van der Waals surface area contributed by atoms with Gasteiger partial charge < -0.3 is 9.88 Å². The number of imidazole rings is 1. The van der Waals surface area contributed by atoms with E-state index in [2.05, 4.69) is 15.3 Å². The van der Waals surface area contributed by atoms with E-state index in [1.54, 1.807) is 10.8 Å². The summed E-state index contributed by atoms with van der Waals surface area (Å²) in [6.45, 7) is 0.430. The van der Waals surface area contributed by atoms with Crippen molar-refractivity contribution in [1.29, 1.82) is 0 Å². The van der Waals surface area contributed by atoms with E-state index in [9.17, 15) is 4.79 Å². The van der Waals surface area contributed by atoms with Crippen LogP contribution < -0.4 is 5.32 Å². The molecular formula is C13H12N4OS. The minimum atomic E-state index is -0.186. The molecule has 19 heavy (non-hydrogen) atoms. The van der Waals surface area contributed by atoms with Crippen LogP contribution in [-0.2, 0) is 13.6 Å². The van der Waals surface area contributed by atoms with Crippen molar-refractivity contribution in [3.63, 3.8) is 0 Å². The lowest BCUT2D eigenvalue weighted by Crippen LogP contribution is -2.25. The Morgan fingerprint density at radius 3 is 3.00 bits per heavy atom. The van der Waals surface area contributed by atoms with E-state index in [0.29, 0.717) is 12.4 Å². The lowest BCUT2D eigenvalue weighted by Gasteiger charge is -2.03. The van der Waals surface area contributed by atoms with Crippen LogP contribution in [0.25, 0.3) is 11.0 Å². The Hall–Kier alpha value is -2.21. The number of aromatic nitrogens is 3. The van der Waals surface area contributed by atoms with Gasteiger partial charge in [-0.05, 0) is 12.1 Å². The largest absolute Gasteiger partial charge is 0.343 e.